The number of nitrogens with one attached hydrogen (secondary N) is 1. The lowest BCUT2D eigenvalue weighted by molar-refractivity contribution is -0.137. The van der Waals surface area contributed by atoms with Gasteiger partial charge in [0.25, 0.3) is 5.91 Å². The highest BCUT2D eigenvalue weighted by molar-refractivity contribution is 6.34. The molecule has 0 fully saturated rings. The van der Waals surface area contributed by atoms with E-state index in [1.165, 1.54) is 16.8 Å². The van der Waals surface area contributed by atoms with Crippen molar-refractivity contribution in [1.82, 2.24) is 9.78 Å². The van der Waals surface area contributed by atoms with Gasteiger partial charge in [0.1, 0.15) is 5.82 Å². The number of rotatable bonds is 4. The van der Waals surface area contributed by atoms with E-state index in [0.29, 0.717) is 21.4 Å². The minimum Gasteiger partial charge on any atom is -0.306 e. The minimum atomic E-state index is -4.56. The van der Waals surface area contributed by atoms with Gasteiger partial charge < -0.3 is 5.32 Å². The number of alkyl halides is 3. The van der Waals surface area contributed by atoms with Gasteiger partial charge in [-0.2, -0.15) is 18.3 Å². The average Bonchev–Trinajstić information content (AvgIpc) is 3.19. The molecule has 0 saturated heterocycles. The first kappa shape index (κ1) is 21.9. The Kier molecular flexibility index (Phi) is 5.95. The van der Waals surface area contributed by atoms with Crippen LogP contribution in [-0.4, -0.2) is 15.7 Å². The standard InChI is InChI=1S/C23H14Cl2F3N3O/c24-17-9-10-18(25)20(12-17)31-21(13-19(30-31)14-5-2-1-3-6-14)29-22(32)15-7-4-8-16(11-15)23(26,27)28/h1-13H,(H,29,32). The molecule has 9 heteroatoms. The third kappa shape index (κ3) is 4.64. The number of carbonyl (C=O) groups is 1. The molecule has 1 aromatic heterocycles. The quantitative estimate of drug-likeness (QED) is 0.341. The van der Waals surface area contributed by atoms with Gasteiger partial charge in [0.2, 0.25) is 0 Å². The molecule has 0 aliphatic rings. The minimum absolute atomic E-state index is 0.147. The number of nitrogens with zero attached hydrogens (tertiary/aromatic N) is 2. The maximum Gasteiger partial charge on any atom is 0.416 e. The molecule has 0 aliphatic carbocycles. The SMILES string of the molecule is O=C(Nc1cc(-c2ccccc2)nn1-c1cc(Cl)ccc1Cl)c1cccc(C(F)(F)F)c1. The number of hydrogen-bond acceptors (Lipinski definition) is 2. The summed E-state index contributed by atoms with van der Waals surface area (Å²) in [5, 5.41) is 7.89. The lowest BCUT2D eigenvalue weighted by Crippen LogP contribution is -2.16. The third-order valence-electron chi connectivity index (χ3n) is 4.61. The zero-order valence-corrected chi connectivity index (χ0v) is 17.7. The van der Waals surface area contributed by atoms with E-state index < -0.39 is 17.6 Å². The van der Waals surface area contributed by atoms with Gasteiger partial charge in [-0.3, -0.25) is 4.79 Å². The monoisotopic (exact) mass is 475 g/mol. The van der Waals surface area contributed by atoms with E-state index in [0.717, 1.165) is 17.7 Å². The van der Waals surface area contributed by atoms with Crippen molar-refractivity contribution < 1.29 is 18.0 Å². The van der Waals surface area contributed by atoms with Gasteiger partial charge in [-0.05, 0) is 36.4 Å². The fourth-order valence-electron chi connectivity index (χ4n) is 3.08. The molecule has 0 bridgehead atoms. The number of hydrogen-bond donors (Lipinski definition) is 1. The highest BCUT2D eigenvalue weighted by Gasteiger charge is 2.31. The Balaban J connectivity index is 1.77. The van der Waals surface area contributed by atoms with Gasteiger partial charge in [0.15, 0.2) is 0 Å². The van der Waals surface area contributed by atoms with Crippen molar-refractivity contribution in [1.29, 1.82) is 0 Å². The number of benzene rings is 3. The van der Waals surface area contributed by atoms with Crippen LogP contribution in [0.4, 0.5) is 19.0 Å². The number of amides is 1. The first-order valence-electron chi connectivity index (χ1n) is 9.32. The van der Waals surface area contributed by atoms with Crippen LogP contribution in [-0.2, 0) is 6.18 Å². The van der Waals surface area contributed by atoms with Crippen LogP contribution < -0.4 is 5.32 Å². The van der Waals surface area contributed by atoms with Gasteiger partial charge in [0.05, 0.1) is 22.0 Å². The number of aromatic nitrogens is 2. The Labute approximate surface area is 191 Å². The normalized spacial score (nSPS) is 11.4. The first-order valence-corrected chi connectivity index (χ1v) is 10.1. The summed E-state index contributed by atoms with van der Waals surface area (Å²) in [6, 6.07) is 19.7. The summed E-state index contributed by atoms with van der Waals surface area (Å²) in [6.07, 6.45) is -4.56. The van der Waals surface area contributed by atoms with Gasteiger partial charge in [-0.15, -0.1) is 0 Å². The highest BCUT2D eigenvalue weighted by Crippen LogP contribution is 2.32. The Morgan fingerprint density at radius 3 is 2.38 bits per heavy atom. The molecule has 4 aromatic rings. The van der Waals surface area contributed by atoms with Crippen LogP contribution in [0.2, 0.25) is 10.0 Å². The van der Waals surface area contributed by atoms with Gasteiger partial charge in [-0.1, -0.05) is 59.6 Å². The predicted octanol–water partition coefficient (Wildman–Crippen LogP) is 7.12. The molecule has 0 spiro atoms. The molecule has 3 aromatic carbocycles. The smallest absolute Gasteiger partial charge is 0.306 e. The average molecular weight is 476 g/mol. The van der Waals surface area contributed by atoms with Crippen molar-refractivity contribution in [2.45, 2.75) is 6.18 Å². The molecule has 0 radical (unpaired) electrons. The van der Waals surface area contributed by atoms with E-state index in [1.807, 2.05) is 30.3 Å². The second kappa shape index (κ2) is 8.68. The fraction of sp³-hybridized carbons (Fsp3) is 0.0435. The summed E-state index contributed by atoms with van der Waals surface area (Å²) < 4.78 is 40.5. The summed E-state index contributed by atoms with van der Waals surface area (Å²) in [5.74, 6) is -0.509. The highest BCUT2D eigenvalue weighted by atomic mass is 35.5. The summed E-state index contributed by atoms with van der Waals surface area (Å²) >= 11 is 12.4. The second-order valence-electron chi connectivity index (χ2n) is 6.82. The summed E-state index contributed by atoms with van der Waals surface area (Å²) in [4.78, 5) is 12.8. The zero-order chi connectivity index (χ0) is 22.9. The van der Waals surface area contributed by atoms with E-state index in [2.05, 4.69) is 10.4 Å². The van der Waals surface area contributed by atoms with Crippen LogP contribution in [0, 0.1) is 0 Å². The maximum atomic E-state index is 13.0. The van der Waals surface area contributed by atoms with Gasteiger partial charge >= 0.3 is 6.18 Å². The fourth-order valence-corrected chi connectivity index (χ4v) is 3.44. The van der Waals surface area contributed by atoms with Crippen LogP contribution >= 0.6 is 23.2 Å². The maximum absolute atomic E-state index is 13.0. The van der Waals surface area contributed by atoms with Gasteiger partial charge in [-0.25, -0.2) is 4.68 Å². The molecule has 0 saturated carbocycles. The third-order valence-corrected chi connectivity index (χ3v) is 5.16. The molecule has 1 amide bonds. The lowest BCUT2D eigenvalue weighted by atomic mass is 10.1. The summed E-state index contributed by atoms with van der Waals surface area (Å²) in [5.41, 5.74) is 0.646. The summed E-state index contributed by atoms with van der Waals surface area (Å²) in [7, 11) is 0. The Morgan fingerprint density at radius 2 is 1.66 bits per heavy atom. The van der Waals surface area contributed by atoms with Crippen LogP contribution in [0.3, 0.4) is 0 Å². The van der Waals surface area contributed by atoms with Crippen molar-refractivity contribution in [3.8, 4) is 16.9 Å². The van der Waals surface area contributed by atoms with Crippen molar-refractivity contribution in [2.75, 3.05) is 5.32 Å². The molecule has 1 N–H and O–H groups in total. The Morgan fingerprint density at radius 1 is 0.906 bits per heavy atom. The second-order valence-corrected chi connectivity index (χ2v) is 7.66. The largest absolute Gasteiger partial charge is 0.416 e. The van der Waals surface area contributed by atoms with Crippen LogP contribution in [0.5, 0.6) is 0 Å². The van der Waals surface area contributed by atoms with Crippen LogP contribution in [0.1, 0.15) is 15.9 Å². The van der Waals surface area contributed by atoms with Crippen molar-refractivity contribution in [3.63, 3.8) is 0 Å². The van der Waals surface area contributed by atoms with E-state index in [-0.39, 0.29) is 11.4 Å². The molecule has 32 heavy (non-hydrogen) atoms. The molecule has 0 unspecified atom stereocenters. The van der Waals surface area contributed by atoms with E-state index in [9.17, 15) is 18.0 Å². The lowest BCUT2D eigenvalue weighted by Gasteiger charge is -2.12. The molecular weight excluding hydrogens is 462 g/mol. The molecular formula is C23H14Cl2F3N3O. The topological polar surface area (TPSA) is 46.9 Å². The first-order chi connectivity index (χ1) is 15.2. The van der Waals surface area contributed by atoms with E-state index in [4.69, 9.17) is 23.2 Å². The molecule has 1 heterocycles. The summed E-state index contributed by atoms with van der Waals surface area (Å²) in [6.45, 7) is 0. The molecule has 162 valence electrons. The van der Waals surface area contributed by atoms with Gasteiger partial charge in [0, 0.05) is 22.2 Å². The number of halogens is 5. The molecule has 0 aliphatic heterocycles. The molecule has 4 nitrogen and oxygen atoms in total. The van der Waals surface area contributed by atoms with E-state index >= 15 is 0 Å². The van der Waals surface area contributed by atoms with Crippen molar-refractivity contribution >= 4 is 34.9 Å². The van der Waals surface area contributed by atoms with Crippen LogP contribution in [0.15, 0.2) is 78.9 Å². The number of anilines is 1. The zero-order valence-electron chi connectivity index (χ0n) is 16.2. The number of carbonyl (C=O) groups excluding carboxylic acids is 1. The van der Waals surface area contributed by atoms with Crippen LogP contribution in [0.25, 0.3) is 16.9 Å². The van der Waals surface area contributed by atoms with Crippen molar-refractivity contribution in [2.24, 2.45) is 0 Å². The molecule has 0 atom stereocenters. The Bertz CT molecular complexity index is 1290. The van der Waals surface area contributed by atoms with E-state index in [1.54, 1.807) is 24.3 Å². The predicted molar refractivity (Wildman–Crippen MR) is 118 cm³/mol. The Hall–Kier alpha value is -3.29. The molecule has 4 rings (SSSR count). The van der Waals surface area contributed by atoms with Crippen molar-refractivity contribution in [3.05, 3.63) is 100 Å².